The molecule has 2 nitrogen and oxygen atoms in total. The fourth-order valence-electron chi connectivity index (χ4n) is 2.70. The molecule has 25 heavy (non-hydrogen) atoms. The van der Waals surface area contributed by atoms with E-state index in [1.54, 1.807) is 11.3 Å². The van der Waals surface area contributed by atoms with Gasteiger partial charge in [-0.15, -0.1) is 10.2 Å². The van der Waals surface area contributed by atoms with Crippen LogP contribution in [0.4, 0.5) is 0 Å². The van der Waals surface area contributed by atoms with E-state index in [2.05, 4.69) is 96.8 Å². The molecule has 1 heterocycles. The first-order valence-electron chi connectivity index (χ1n) is 8.27. The minimum atomic E-state index is 0.950. The summed E-state index contributed by atoms with van der Waals surface area (Å²) in [7, 11) is 0. The molecule has 0 spiro atoms. The summed E-state index contributed by atoms with van der Waals surface area (Å²) >= 11 is 1.63. The van der Waals surface area contributed by atoms with Gasteiger partial charge in [0.15, 0.2) is 0 Å². The van der Waals surface area contributed by atoms with Crippen LogP contribution in [0.25, 0.3) is 32.3 Å². The van der Waals surface area contributed by atoms with Gasteiger partial charge in [0, 0.05) is 11.1 Å². The van der Waals surface area contributed by atoms with Crippen LogP contribution in [-0.2, 0) is 0 Å². The van der Waals surface area contributed by atoms with Crippen molar-refractivity contribution in [1.29, 1.82) is 0 Å². The predicted molar refractivity (Wildman–Crippen MR) is 106 cm³/mol. The standard InChI is InChI=1S/C22H18N2S/c1-15-3-7-17(8-4-15)18-11-13-20(14-12-18)22-24-23-21(25-22)19-9-5-16(2)6-10-19/h3-14H,1-2H3. The molecule has 0 fully saturated rings. The number of hydrogen-bond donors (Lipinski definition) is 0. The van der Waals surface area contributed by atoms with Gasteiger partial charge in [-0.05, 0) is 25.0 Å². The SMILES string of the molecule is Cc1ccc(-c2ccc(-c3nnc(-c4ccc(C)cc4)s3)cc2)cc1. The first kappa shape index (κ1) is 15.7. The highest BCUT2D eigenvalue weighted by Crippen LogP contribution is 2.31. The van der Waals surface area contributed by atoms with Crippen LogP contribution in [0.5, 0.6) is 0 Å². The Balaban J connectivity index is 1.60. The van der Waals surface area contributed by atoms with Crippen LogP contribution in [-0.4, -0.2) is 10.2 Å². The van der Waals surface area contributed by atoms with Crippen molar-refractivity contribution in [2.24, 2.45) is 0 Å². The summed E-state index contributed by atoms with van der Waals surface area (Å²) in [6.45, 7) is 4.19. The lowest BCUT2D eigenvalue weighted by Gasteiger charge is -2.03. The summed E-state index contributed by atoms with van der Waals surface area (Å²) in [4.78, 5) is 0. The smallest absolute Gasteiger partial charge is 0.138 e. The van der Waals surface area contributed by atoms with E-state index < -0.39 is 0 Å². The normalized spacial score (nSPS) is 10.8. The van der Waals surface area contributed by atoms with Gasteiger partial charge in [0.25, 0.3) is 0 Å². The van der Waals surface area contributed by atoms with Crippen LogP contribution in [0.2, 0.25) is 0 Å². The Morgan fingerprint density at radius 2 is 0.800 bits per heavy atom. The van der Waals surface area contributed by atoms with Crippen molar-refractivity contribution >= 4 is 11.3 Å². The average molecular weight is 342 g/mol. The molecule has 3 aromatic carbocycles. The number of aryl methyl sites for hydroxylation is 2. The average Bonchev–Trinajstić information content (AvgIpc) is 3.13. The summed E-state index contributed by atoms with van der Waals surface area (Å²) in [6.07, 6.45) is 0. The number of aromatic nitrogens is 2. The first-order chi connectivity index (χ1) is 12.2. The molecule has 0 atom stereocenters. The Morgan fingerprint density at radius 3 is 1.24 bits per heavy atom. The minimum absolute atomic E-state index is 0.950. The monoisotopic (exact) mass is 342 g/mol. The van der Waals surface area contributed by atoms with Gasteiger partial charge >= 0.3 is 0 Å². The van der Waals surface area contributed by atoms with Gasteiger partial charge in [0.05, 0.1) is 0 Å². The molecule has 3 heteroatoms. The van der Waals surface area contributed by atoms with Gasteiger partial charge in [-0.2, -0.15) is 0 Å². The molecule has 4 rings (SSSR count). The Bertz CT molecular complexity index is 982. The predicted octanol–water partition coefficient (Wildman–Crippen LogP) is 6.16. The van der Waals surface area contributed by atoms with Crippen LogP contribution in [0, 0.1) is 13.8 Å². The quantitative estimate of drug-likeness (QED) is 0.446. The van der Waals surface area contributed by atoms with E-state index in [1.807, 2.05) is 0 Å². The molecule has 0 unspecified atom stereocenters. The second-order valence-corrected chi connectivity index (χ2v) is 7.20. The van der Waals surface area contributed by atoms with Gasteiger partial charge in [-0.25, -0.2) is 0 Å². The van der Waals surface area contributed by atoms with E-state index in [0.717, 1.165) is 21.1 Å². The molecule has 0 amide bonds. The summed E-state index contributed by atoms with van der Waals surface area (Å²) in [5.41, 5.74) is 7.19. The lowest BCUT2D eigenvalue weighted by Crippen LogP contribution is -1.81. The molecule has 4 aromatic rings. The largest absolute Gasteiger partial charge is 0.148 e. The van der Waals surface area contributed by atoms with E-state index in [4.69, 9.17) is 0 Å². The van der Waals surface area contributed by atoms with E-state index in [-0.39, 0.29) is 0 Å². The molecule has 0 saturated carbocycles. The van der Waals surface area contributed by atoms with Crippen LogP contribution < -0.4 is 0 Å². The van der Waals surface area contributed by atoms with Crippen LogP contribution >= 0.6 is 11.3 Å². The number of benzene rings is 3. The third-order valence-electron chi connectivity index (χ3n) is 4.24. The summed E-state index contributed by atoms with van der Waals surface area (Å²) in [5, 5.41) is 10.6. The van der Waals surface area contributed by atoms with E-state index in [0.29, 0.717) is 0 Å². The second kappa shape index (κ2) is 6.61. The highest BCUT2D eigenvalue weighted by molar-refractivity contribution is 7.17. The molecule has 0 bridgehead atoms. The lowest BCUT2D eigenvalue weighted by atomic mass is 10.0. The minimum Gasteiger partial charge on any atom is -0.138 e. The van der Waals surface area contributed by atoms with Crippen molar-refractivity contribution < 1.29 is 0 Å². The highest BCUT2D eigenvalue weighted by Gasteiger charge is 2.09. The lowest BCUT2D eigenvalue weighted by molar-refractivity contribution is 1.10. The number of hydrogen-bond acceptors (Lipinski definition) is 3. The van der Waals surface area contributed by atoms with Crippen molar-refractivity contribution in [1.82, 2.24) is 10.2 Å². The van der Waals surface area contributed by atoms with Crippen molar-refractivity contribution in [3.63, 3.8) is 0 Å². The van der Waals surface area contributed by atoms with E-state index in [9.17, 15) is 0 Å². The maximum absolute atomic E-state index is 4.37. The molecular weight excluding hydrogens is 324 g/mol. The molecular formula is C22H18N2S. The summed E-state index contributed by atoms with van der Waals surface area (Å²) in [6, 6.07) is 25.5. The molecule has 122 valence electrons. The van der Waals surface area contributed by atoms with Crippen molar-refractivity contribution in [3.8, 4) is 32.3 Å². The van der Waals surface area contributed by atoms with Crippen molar-refractivity contribution in [2.75, 3.05) is 0 Å². The van der Waals surface area contributed by atoms with Crippen molar-refractivity contribution in [2.45, 2.75) is 13.8 Å². The highest BCUT2D eigenvalue weighted by atomic mass is 32.1. The van der Waals surface area contributed by atoms with E-state index in [1.165, 1.54) is 22.3 Å². The Hall–Kier alpha value is -2.78. The third kappa shape index (κ3) is 3.37. The zero-order valence-electron chi connectivity index (χ0n) is 14.2. The maximum atomic E-state index is 4.37. The van der Waals surface area contributed by atoms with Gasteiger partial charge in [0.2, 0.25) is 0 Å². The second-order valence-electron chi connectivity index (χ2n) is 6.22. The molecule has 0 aliphatic heterocycles. The Morgan fingerprint density at radius 1 is 0.480 bits per heavy atom. The Kier molecular flexibility index (Phi) is 4.16. The zero-order valence-corrected chi connectivity index (χ0v) is 15.0. The summed E-state index contributed by atoms with van der Waals surface area (Å²) < 4.78 is 0. The number of nitrogens with zero attached hydrogens (tertiary/aromatic N) is 2. The molecule has 0 radical (unpaired) electrons. The van der Waals surface area contributed by atoms with Gasteiger partial charge < -0.3 is 0 Å². The molecule has 0 saturated heterocycles. The molecule has 0 aliphatic carbocycles. The number of rotatable bonds is 3. The third-order valence-corrected chi connectivity index (χ3v) is 5.26. The van der Waals surface area contributed by atoms with Crippen LogP contribution in [0.15, 0.2) is 72.8 Å². The Labute approximate surface area is 151 Å². The molecule has 0 aliphatic rings. The van der Waals surface area contributed by atoms with Crippen LogP contribution in [0.3, 0.4) is 0 Å². The maximum Gasteiger partial charge on any atom is 0.148 e. The van der Waals surface area contributed by atoms with Gasteiger partial charge in [-0.1, -0.05) is 95.3 Å². The fraction of sp³-hybridized carbons (Fsp3) is 0.0909. The molecule has 0 N–H and O–H groups in total. The van der Waals surface area contributed by atoms with Gasteiger partial charge in [-0.3, -0.25) is 0 Å². The summed E-state index contributed by atoms with van der Waals surface area (Å²) in [5.74, 6) is 0. The topological polar surface area (TPSA) is 25.8 Å². The van der Waals surface area contributed by atoms with Gasteiger partial charge in [0.1, 0.15) is 10.0 Å². The van der Waals surface area contributed by atoms with Crippen molar-refractivity contribution in [3.05, 3.63) is 83.9 Å². The van der Waals surface area contributed by atoms with E-state index >= 15 is 0 Å². The first-order valence-corrected chi connectivity index (χ1v) is 9.09. The fourth-order valence-corrected chi connectivity index (χ4v) is 3.56. The molecule has 1 aromatic heterocycles. The zero-order chi connectivity index (χ0) is 17.2. The van der Waals surface area contributed by atoms with Crippen LogP contribution in [0.1, 0.15) is 11.1 Å².